The van der Waals surface area contributed by atoms with Crippen molar-refractivity contribution in [3.05, 3.63) is 59.7 Å². The Morgan fingerprint density at radius 1 is 1.07 bits per heavy atom. The lowest BCUT2D eigenvalue weighted by molar-refractivity contribution is -0.141. The van der Waals surface area contributed by atoms with Crippen molar-refractivity contribution in [1.82, 2.24) is 24.6 Å². The van der Waals surface area contributed by atoms with Crippen LogP contribution in [0.25, 0.3) is 28.0 Å². The van der Waals surface area contributed by atoms with Crippen molar-refractivity contribution in [2.24, 2.45) is 0 Å². The molecule has 11 heteroatoms. The molecule has 0 aliphatic rings. The van der Waals surface area contributed by atoms with Crippen LogP contribution in [0.4, 0.5) is 27.9 Å². The molecule has 4 rings (SSSR count). The number of aryl methyl sites for hydroxylation is 1. The molecule has 0 unspecified atom stereocenters. The molecule has 0 bridgehead atoms. The van der Waals surface area contributed by atoms with E-state index >= 15 is 0 Å². The Bertz CT molecular complexity index is 1250. The van der Waals surface area contributed by atoms with Gasteiger partial charge in [0.2, 0.25) is 5.95 Å². The summed E-state index contributed by atoms with van der Waals surface area (Å²) in [5.74, 6) is -2.55. The van der Waals surface area contributed by atoms with Crippen molar-refractivity contribution in [3.8, 4) is 22.4 Å². The lowest BCUT2D eigenvalue weighted by Crippen LogP contribution is -2.10. The monoisotopic (exact) mass is 406 g/mol. The zero-order chi connectivity index (χ0) is 20.9. The summed E-state index contributed by atoms with van der Waals surface area (Å²) in [7, 11) is 0. The van der Waals surface area contributed by atoms with Crippen molar-refractivity contribution in [2.75, 3.05) is 5.73 Å². The van der Waals surface area contributed by atoms with Crippen LogP contribution in [-0.2, 0) is 6.18 Å². The maximum atomic E-state index is 14.5. The molecule has 4 aromatic rings. The Kier molecular flexibility index (Phi) is 4.17. The number of nitrogens with zero attached hydrogens (tertiary/aromatic N) is 5. The van der Waals surface area contributed by atoms with Gasteiger partial charge in [0.1, 0.15) is 12.0 Å². The molecule has 148 valence electrons. The van der Waals surface area contributed by atoms with Gasteiger partial charge in [-0.15, -0.1) is 0 Å². The number of benzene rings is 1. The lowest BCUT2D eigenvalue weighted by atomic mass is 9.99. The summed E-state index contributed by atoms with van der Waals surface area (Å²) < 4.78 is 69.2. The van der Waals surface area contributed by atoms with E-state index in [9.17, 15) is 22.0 Å². The molecular weight excluding hydrogens is 395 g/mol. The highest BCUT2D eigenvalue weighted by atomic mass is 19.4. The molecule has 0 aliphatic heterocycles. The summed E-state index contributed by atoms with van der Waals surface area (Å²) in [6.07, 6.45) is -3.59. The third kappa shape index (κ3) is 3.13. The molecule has 3 aromatic heterocycles. The fraction of sp³-hybridized carbons (Fsp3) is 0.111. The van der Waals surface area contributed by atoms with Crippen LogP contribution >= 0.6 is 0 Å². The molecule has 3 heterocycles. The minimum atomic E-state index is -4.71. The third-order valence-electron chi connectivity index (χ3n) is 4.19. The van der Waals surface area contributed by atoms with Crippen LogP contribution in [0.15, 0.2) is 36.7 Å². The lowest BCUT2D eigenvalue weighted by Gasteiger charge is -2.15. The van der Waals surface area contributed by atoms with Gasteiger partial charge in [-0.25, -0.2) is 23.7 Å². The first-order chi connectivity index (χ1) is 13.7. The number of halogens is 5. The molecule has 0 spiro atoms. The van der Waals surface area contributed by atoms with Gasteiger partial charge in [0.05, 0.1) is 11.3 Å². The Balaban J connectivity index is 2.12. The van der Waals surface area contributed by atoms with Crippen LogP contribution in [0.5, 0.6) is 0 Å². The minimum Gasteiger partial charge on any atom is -0.368 e. The maximum absolute atomic E-state index is 14.5. The Hall–Kier alpha value is -3.63. The minimum absolute atomic E-state index is 0.00832. The van der Waals surface area contributed by atoms with E-state index < -0.39 is 23.5 Å². The molecule has 0 radical (unpaired) electrons. The molecule has 1 aromatic carbocycles. The van der Waals surface area contributed by atoms with Crippen LogP contribution in [-0.4, -0.2) is 24.6 Å². The Morgan fingerprint density at radius 3 is 2.55 bits per heavy atom. The predicted molar refractivity (Wildman–Crippen MR) is 93.5 cm³/mol. The Morgan fingerprint density at radius 2 is 1.83 bits per heavy atom. The SMILES string of the molecule is Cc1cc(-c2c(-c3cccc(F)c3F)nc(N)n3ncnc23)cc(C(F)(F)F)n1. The first-order valence-electron chi connectivity index (χ1n) is 8.16. The second-order valence-electron chi connectivity index (χ2n) is 6.17. The molecule has 6 nitrogen and oxygen atoms in total. The zero-order valence-corrected chi connectivity index (χ0v) is 14.7. The highest BCUT2D eigenvalue weighted by Gasteiger charge is 2.34. The van der Waals surface area contributed by atoms with Gasteiger partial charge in [0, 0.05) is 11.3 Å². The zero-order valence-electron chi connectivity index (χ0n) is 14.7. The summed E-state index contributed by atoms with van der Waals surface area (Å²) in [5.41, 5.74) is 4.37. The third-order valence-corrected chi connectivity index (χ3v) is 4.19. The van der Waals surface area contributed by atoms with Gasteiger partial charge in [0.15, 0.2) is 17.3 Å². The number of hydrogen-bond acceptors (Lipinski definition) is 5. The van der Waals surface area contributed by atoms with E-state index in [-0.39, 0.29) is 39.7 Å². The van der Waals surface area contributed by atoms with Gasteiger partial charge in [-0.3, -0.25) is 0 Å². The number of fused-ring (bicyclic) bond motifs is 1. The number of pyridine rings is 1. The second kappa shape index (κ2) is 6.47. The van der Waals surface area contributed by atoms with Crippen molar-refractivity contribution in [3.63, 3.8) is 0 Å². The van der Waals surface area contributed by atoms with E-state index in [1.54, 1.807) is 0 Å². The van der Waals surface area contributed by atoms with Crippen LogP contribution in [0.1, 0.15) is 11.4 Å². The summed E-state index contributed by atoms with van der Waals surface area (Å²) in [5, 5.41) is 3.89. The van der Waals surface area contributed by atoms with Gasteiger partial charge in [-0.05, 0) is 36.8 Å². The van der Waals surface area contributed by atoms with Crippen LogP contribution in [0.2, 0.25) is 0 Å². The van der Waals surface area contributed by atoms with Crippen LogP contribution in [0, 0.1) is 18.6 Å². The van der Waals surface area contributed by atoms with E-state index in [4.69, 9.17) is 5.73 Å². The Labute approximate surface area is 159 Å². The number of aromatic nitrogens is 5. The van der Waals surface area contributed by atoms with Crippen molar-refractivity contribution >= 4 is 11.6 Å². The number of hydrogen-bond donors (Lipinski definition) is 1. The number of anilines is 1. The standard InChI is InChI=1S/C18H11F5N6/c1-8-5-9(6-12(27-8)18(21,22)23)13-15(10-3-2-4-11(19)14(10)20)28-17(24)29-16(13)25-7-26-29/h2-7H,1H3,(H2,24,28). The molecule has 0 saturated heterocycles. The fourth-order valence-electron chi connectivity index (χ4n) is 3.01. The largest absolute Gasteiger partial charge is 0.433 e. The van der Waals surface area contributed by atoms with E-state index in [1.807, 2.05) is 0 Å². The summed E-state index contributed by atoms with van der Waals surface area (Å²) >= 11 is 0. The smallest absolute Gasteiger partial charge is 0.368 e. The first kappa shape index (κ1) is 18.7. The fourth-order valence-corrected chi connectivity index (χ4v) is 3.01. The average molecular weight is 406 g/mol. The summed E-state index contributed by atoms with van der Waals surface area (Å²) in [6.45, 7) is 1.38. The van der Waals surface area contributed by atoms with Gasteiger partial charge < -0.3 is 5.73 Å². The van der Waals surface area contributed by atoms with Crippen LogP contribution < -0.4 is 5.73 Å². The maximum Gasteiger partial charge on any atom is 0.433 e. The predicted octanol–water partition coefficient (Wildman–Crippen LogP) is 4.04. The van der Waals surface area contributed by atoms with Crippen LogP contribution in [0.3, 0.4) is 0 Å². The average Bonchev–Trinajstić information content (AvgIpc) is 3.13. The highest BCUT2D eigenvalue weighted by Crippen LogP contribution is 2.38. The molecule has 0 amide bonds. The van der Waals surface area contributed by atoms with Gasteiger partial charge in [-0.2, -0.15) is 22.8 Å². The molecule has 0 atom stereocenters. The molecule has 0 saturated carbocycles. The summed E-state index contributed by atoms with van der Waals surface area (Å²) in [6, 6.07) is 5.56. The van der Waals surface area contributed by atoms with E-state index in [1.165, 1.54) is 25.1 Å². The quantitative estimate of drug-likeness (QED) is 0.508. The van der Waals surface area contributed by atoms with E-state index in [2.05, 4.69) is 20.1 Å². The molecule has 0 aliphatic carbocycles. The first-order valence-corrected chi connectivity index (χ1v) is 8.16. The summed E-state index contributed by atoms with van der Waals surface area (Å²) in [4.78, 5) is 11.6. The number of nitrogen functional groups attached to an aromatic ring is 1. The van der Waals surface area contributed by atoms with Gasteiger partial charge >= 0.3 is 6.18 Å². The van der Waals surface area contributed by atoms with Crippen molar-refractivity contribution in [1.29, 1.82) is 0 Å². The van der Waals surface area contributed by atoms with Crippen molar-refractivity contribution < 1.29 is 22.0 Å². The topological polar surface area (TPSA) is 82.0 Å². The van der Waals surface area contributed by atoms with Gasteiger partial charge in [-0.1, -0.05) is 6.07 Å². The molecule has 2 N–H and O–H groups in total. The second-order valence-corrected chi connectivity index (χ2v) is 6.17. The van der Waals surface area contributed by atoms with Crippen molar-refractivity contribution in [2.45, 2.75) is 13.1 Å². The number of rotatable bonds is 2. The highest BCUT2D eigenvalue weighted by molar-refractivity contribution is 5.91. The number of alkyl halides is 3. The normalized spacial score (nSPS) is 11.9. The molecule has 0 fully saturated rings. The molecule has 29 heavy (non-hydrogen) atoms. The molecular formula is C18H11F5N6. The van der Waals surface area contributed by atoms with Gasteiger partial charge in [0.25, 0.3) is 0 Å². The number of nitrogens with two attached hydrogens (primary N) is 1. The van der Waals surface area contributed by atoms with E-state index in [0.29, 0.717) is 0 Å². The van der Waals surface area contributed by atoms with E-state index in [0.717, 1.165) is 23.0 Å².